The summed E-state index contributed by atoms with van der Waals surface area (Å²) >= 11 is 0. The maximum absolute atomic E-state index is 11.4. The van der Waals surface area contributed by atoms with Crippen molar-refractivity contribution >= 4 is 11.8 Å². The number of fused-ring (bicyclic) bond motifs is 3. The van der Waals surface area contributed by atoms with Crippen LogP contribution in [0.5, 0.6) is 0 Å². The molecule has 4 heteroatoms. The molecule has 66 valence electrons. The zero-order chi connectivity index (χ0) is 8.98. The van der Waals surface area contributed by atoms with Crippen LogP contribution in [0.4, 0.5) is 0 Å². The van der Waals surface area contributed by atoms with Gasteiger partial charge in [-0.15, -0.1) is 0 Å². The van der Waals surface area contributed by atoms with Crippen LogP contribution in [-0.2, 0) is 9.59 Å². The fourth-order valence-electron chi connectivity index (χ4n) is 1.76. The number of hydrogen-bond acceptors (Lipinski definition) is 2. The average molecular weight is 168 g/mol. The molecule has 3 saturated heterocycles. The summed E-state index contributed by atoms with van der Waals surface area (Å²) < 4.78 is 0. The number of hydrogen-bond donors (Lipinski definition) is 2. The Hall–Kier alpha value is -1.06. The first-order chi connectivity index (χ1) is 5.46. The van der Waals surface area contributed by atoms with E-state index in [1.54, 1.807) is 6.92 Å². The van der Waals surface area contributed by atoms with Gasteiger partial charge in [-0.05, 0) is 26.7 Å². The molecule has 0 saturated carbocycles. The highest BCUT2D eigenvalue weighted by Gasteiger charge is 2.55. The molecule has 3 aliphatic heterocycles. The van der Waals surface area contributed by atoms with Gasteiger partial charge < -0.3 is 10.6 Å². The lowest BCUT2D eigenvalue weighted by atomic mass is 9.73. The van der Waals surface area contributed by atoms with E-state index in [4.69, 9.17) is 0 Å². The standard InChI is InChI=1S/C8H12N2O2/c1-7-3-4-8(2,9-5(7)11)10-6(7)12/h3-4H2,1-2H3,(H,9,11)(H,10,12). The molecule has 0 radical (unpaired) electrons. The average Bonchev–Trinajstić information content (AvgIpc) is 1.95. The van der Waals surface area contributed by atoms with Crippen LogP contribution < -0.4 is 10.6 Å². The minimum Gasteiger partial charge on any atom is -0.333 e. The third kappa shape index (κ3) is 0.722. The molecule has 4 nitrogen and oxygen atoms in total. The van der Waals surface area contributed by atoms with Gasteiger partial charge in [0, 0.05) is 0 Å². The van der Waals surface area contributed by atoms with Gasteiger partial charge in [-0.3, -0.25) is 9.59 Å². The Bertz CT molecular complexity index is 254. The number of carbonyl (C=O) groups excluding carboxylic acids is 2. The van der Waals surface area contributed by atoms with Gasteiger partial charge in [0.1, 0.15) is 11.1 Å². The third-order valence-electron chi connectivity index (χ3n) is 2.91. The molecule has 0 aromatic rings. The highest BCUT2D eigenvalue weighted by Crippen LogP contribution is 2.37. The molecule has 2 bridgehead atoms. The van der Waals surface area contributed by atoms with Gasteiger partial charge in [0.25, 0.3) is 0 Å². The number of nitrogens with one attached hydrogen (secondary N) is 2. The second-order valence-corrected chi connectivity index (χ2v) is 4.07. The molecule has 0 unspecified atom stereocenters. The summed E-state index contributed by atoms with van der Waals surface area (Å²) in [6, 6.07) is 0. The fourth-order valence-corrected chi connectivity index (χ4v) is 1.76. The molecule has 0 aromatic carbocycles. The Balaban J connectivity index is 2.42. The number of amides is 2. The lowest BCUT2D eigenvalue weighted by molar-refractivity contribution is -0.157. The zero-order valence-corrected chi connectivity index (χ0v) is 7.23. The third-order valence-corrected chi connectivity index (χ3v) is 2.91. The molecule has 0 aliphatic carbocycles. The van der Waals surface area contributed by atoms with Crippen molar-refractivity contribution in [1.29, 1.82) is 0 Å². The maximum Gasteiger partial charge on any atom is 0.237 e. The molecule has 2 amide bonds. The summed E-state index contributed by atoms with van der Waals surface area (Å²) in [5.41, 5.74) is -1.32. The SMILES string of the molecule is CC12CCC(C)(C(=O)N1)C(=O)N2. The number of carbonyl (C=O) groups is 2. The summed E-state index contributed by atoms with van der Waals surface area (Å²) in [6.45, 7) is 3.53. The van der Waals surface area contributed by atoms with Crippen LogP contribution in [0.1, 0.15) is 26.7 Å². The van der Waals surface area contributed by atoms with E-state index in [0.29, 0.717) is 6.42 Å². The van der Waals surface area contributed by atoms with E-state index in [2.05, 4.69) is 10.6 Å². The van der Waals surface area contributed by atoms with Crippen LogP contribution >= 0.6 is 0 Å². The van der Waals surface area contributed by atoms with Gasteiger partial charge in [-0.2, -0.15) is 0 Å². The summed E-state index contributed by atoms with van der Waals surface area (Å²) in [5.74, 6) is -0.278. The Morgan fingerprint density at radius 3 is 2.00 bits per heavy atom. The molecular formula is C8H12N2O2. The first kappa shape index (κ1) is 7.58. The zero-order valence-electron chi connectivity index (χ0n) is 7.23. The minimum atomic E-state index is -0.822. The number of rotatable bonds is 0. The smallest absolute Gasteiger partial charge is 0.237 e. The topological polar surface area (TPSA) is 58.2 Å². The van der Waals surface area contributed by atoms with Crippen molar-refractivity contribution in [2.24, 2.45) is 5.41 Å². The summed E-state index contributed by atoms with van der Waals surface area (Å²) in [4.78, 5) is 22.8. The van der Waals surface area contributed by atoms with Crippen molar-refractivity contribution in [3.05, 3.63) is 0 Å². The molecule has 3 rings (SSSR count). The van der Waals surface area contributed by atoms with E-state index < -0.39 is 11.1 Å². The molecule has 3 aliphatic rings. The Labute approximate surface area is 70.7 Å². The first-order valence-electron chi connectivity index (χ1n) is 4.12. The number of piperidine rings is 2. The largest absolute Gasteiger partial charge is 0.333 e. The van der Waals surface area contributed by atoms with Crippen molar-refractivity contribution in [3.63, 3.8) is 0 Å². The lowest BCUT2D eigenvalue weighted by Gasteiger charge is -2.49. The molecule has 3 fully saturated rings. The quantitative estimate of drug-likeness (QED) is 0.490. The second-order valence-electron chi connectivity index (χ2n) is 4.07. The van der Waals surface area contributed by atoms with Crippen molar-refractivity contribution in [2.75, 3.05) is 0 Å². The predicted molar refractivity (Wildman–Crippen MR) is 42.0 cm³/mol. The van der Waals surface area contributed by atoms with Crippen LogP contribution in [0, 0.1) is 5.41 Å². The highest BCUT2D eigenvalue weighted by molar-refractivity contribution is 6.08. The van der Waals surface area contributed by atoms with Crippen molar-refractivity contribution in [2.45, 2.75) is 32.4 Å². The summed E-state index contributed by atoms with van der Waals surface area (Å²) in [5, 5.41) is 5.58. The van der Waals surface area contributed by atoms with E-state index in [1.807, 2.05) is 6.92 Å². The van der Waals surface area contributed by atoms with Gasteiger partial charge in [-0.25, -0.2) is 0 Å². The van der Waals surface area contributed by atoms with E-state index in [9.17, 15) is 9.59 Å². The maximum atomic E-state index is 11.4. The van der Waals surface area contributed by atoms with Crippen molar-refractivity contribution < 1.29 is 9.59 Å². The predicted octanol–water partition coefficient (Wildman–Crippen LogP) is -0.251. The Kier molecular flexibility index (Phi) is 1.14. The lowest BCUT2D eigenvalue weighted by Crippen LogP contribution is -2.74. The molecule has 3 heterocycles. The molecule has 2 N–H and O–H groups in total. The molecule has 0 spiro atoms. The van der Waals surface area contributed by atoms with Gasteiger partial charge in [-0.1, -0.05) is 0 Å². The van der Waals surface area contributed by atoms with Crippen molar-refractivity contribution in [3.8, 4) is 0 Å². The summed E-state index contributed by atoms with van der Waals surface area (Å²) in [6.07, 6.45) is 1.47. The van der Waals surface area contributed by atoms with Crippen LogP contribution in [0.2, 0.25) is 0 Å². The van der Waals surface area contributed by atoms with Gasteiger partial charge in [0.05, 0.1) is 0 Å². The fraction of sp³-hybridized carbons (Fsp3) is 0.750. The Morgan fingerprint density at radius 2 is 1.58 bits per heavy atom. The van der Waals surface area contributed by atoms with E-state index in [-0.39, 0.29) is 11.8 Å². The summed E-state index contributed by atoms with van der Waals surface area (Å²) in [7, 11) is 0. The van der Waals surface area contributed by atoms with Crippen LogP contribution in [0.3, 0.4) is 0 Å². The first-order valence-corrected chi connectivity index (χ1v) is 4.12. The van der Waals surface area contributed by atoms with E-state index in [1.165, 1.54) is 0 Å². The van der Waals surface area contributed by atoms with Crippen LogP contribution in [-0.4, -0.2) is 17.5 Å². The highest BCUT2D eigenvalue weighted by atomic mass is 16.2. The molecule has 0 atom stereocenters. The minimum absolute atomic E-state index is 0.139. The monoisotopic (exact) mass is 168 g/mol. The van der Waals surface area contributed by atoms with E-state index >= 15 is 0 Å². The van der Waals surface area contributed by atoms with Crippen LogP contribution in [0.25, 0.3) is 0 Å². The Morgan fingerprint density at radius 1 is 1.08 bits per heavy atom. The van der Waals surface area contributed by atoms with Crippen LogP contribution in [0.15, 0.2) is 0 Å². The molecule has 0 aromatic heterocycles. The van der Waals surface area contributed by atoms with Gasteiger partial charge >= 0.3 is 0 Å². The molecular weight excluding hydrogens is 156 g/mol. The van der Waals surface area contributed by atoms with E-state index in [0.717, 1.165) is 6.42 Å². The second kappa shape index (κ2) is 1.81. The molecule has 12 heavy (non-hydrogen) atoms. The van der Waals surface area contributed by atoms with Gasteiger partial charge in [0.15, 0.2) is 0 Å². The van der Waals surface area contributed by atoms with Crippen molar-refractivity contribution in [1.82, 2.24) is 10.6 Å². The normalized spacial score (nSPS) is 45.5. The van der Waals surface area contributed by atoms with Gasteiger partial charge in [0.2, 0.25) is 11.8 Å².